The van der Waals surface area contributed by atoms with Gasteiger partial charge in [-0.25, -0.2) is 4.39 Å². The largest absolute Gasteiger partial charge is 0.486 e. The molecule has 0 unspecified atom stereocenters. The van der Waals surface area contributed by atoms with Crippen LogP contribution in [0.3, 0.4) is 0 Å². The molecule has 112 valence electrons. The van der Waals surface area contributed by atoms with Crippen LogP contribution in [0.1, 0.15) is 16.7 Å². The minimum atomic E-state index is -4.54. The van der Waals surface area contributed by atoms with Gasteiger partial charge in [0.1, 0.15) is 6.61 Å². The van der Waals surface area contributed by atoms with E-state index in [9.17, 15) is 17.6 Å². The quantitative estimate of drug-likeness (QED) is 0.677. The van der Waals surface area contributed by atoms with Gasteiger partial charge in [-0.15, -0.1) is 0 Å². The minimum absolute atomic E-state index is 0.00723. The fraction of sp³-hybridized carbons (Fsp3) is 0.200. The van der Waals surface area contributed by atoms with Crippen LogP contribution in [-0.2, 0) is 12.8 Å². The molecule has 0 amide bonds. The molecule has 2 aromatic carbocycles. The summed E-state index contributed by atoms with van der Waals surface area (Å²) in [7, 11) is 0. The summed E-state index contributed by atoms with van der Waals surface area (Å²) in [4.78, 5) is 0. The number of rotatable bonds is 3. The molecular formula is C15H13F4NO. The van der Waals surface area contributed by atoms with Crippen LogP contribution in [0.5, 0.6) is 5.75 Å². The Bertz CT molecular complexity index is 653. The van der Waals surface area contributed by atoms with Crippen LogP contribution in [-0.4, -0.2) is 0 Å². The van der Waals surface area contributed by atoms with Crippen molar-refractivity contribution in [2.24, 2.45) is 0 Å². The van der Waals surface area contributed by atoms with Gasteiger partial charge in [-0.3, -0.25) is 0 Å². The molecule has 0 fully saturated rings. The van der Waals surface area contributed by atoms with Gasteiger partial charge in [0.25, 0.3) is 0 Å². The van der Waals surface area contributed by atoms with Crippen LogP contribution in [0.4, 0.5) is 23.2 Å². The first kappa shape index (κ1) is 15.2. The molecule has 0 aliphatic carbocycles. The summed E-state index contributed by atoms with van der Waals surface area (Å²) in [6, 6.07) is 7.90. The zero-order valence-corrected chi connectivity index (χ0v) is 11.2. The van der Waals surface area contributed by atoms with Gasteiger partial charge in [-0.2, -0.15) is 13.2 Å². The molecule has 0 saturated heterocycles. The molecule has 0 radical (unpaired) electrons. The first-order chi connectivity index (χ1) is 9.79. The first-order valence-electron chi connectivity index (χ1n) is 6.12. The number of nitrogens with two attached hydrogens (primary N) is 1. The van der Waals surface area contributed by atoms with E-state index < -0.39 is 24.2 Å². The SMILES string of the molecule is Cc1cccc(OCc2ccc(N)cc2C(F)(F)F)c1F. The van der Waals surface area contributed by atoms with Gasteiger partial charge in [0.2, 0.25) is 0 Å². The Morgan fingerprint density at radius 2 is 1.86 bits per heavy atom. The lowest BCUT2D eigenvalue weighted by molar-refractivity contribution is -0.138. The van der Waals surface area contributed by atoms with E-state index >= 15 is 0 Å². The topological polar surface area (TPSA) is 35.2 Å². The summed E-state index contributed by atoms with van der Waals surface area (Å²) in [5.41, 5.74) is 4.77. The molecule has 0 aliphatic rings. The number of ether oxygens (including phenoxy) is 1. The van der Waals surface area contributed by atoms with E-state index in [0.29, 0.717) is 5.56 Å². The second-order valence-corrected chi connectivity index (χ2v) is 4.59. The van der Waals surface area contributed by atoms with Crippen molar-refractivity contribution in [3.05, 3.63) is 58.9 Å². The number of hydrogen-bond donors (Lipinski definition) is 1. The molecule has 2 aromatic rings. The number of alkyl halides is 3. The molecule has 0 atom stereocenters. The van der Waals surface area contributed by atoms with Crippen LogP contribution in [0.15, 0.2) is 36.4 Å². The second kappa shape index (κ2) is 5.63. The Labute approximate surface area is 119 Å². The van der Waals surface area contributed by atoms with E-state index in [0.717, 1.165) is 6.07 Å². The fourth-order valence-electron chi connectivity index (χ4n) is 1.87. The van der Waals surface area contributed by atoms with Crippen LogP contribution in [0.2, 0.25) is 0 Å². The third-order valence-electron chi connectivity index (χ3n) is 2.98. The van der Waals surface area contributed by atoms with Crippen LogP contribution < -0.4 is 10.5 Å². The van der Waals surface area contributed by atoms with Gasteiger partial charge in [0, 0.05) is 11.3 Å². The van der Waals surface area contributed by atoms with Gasteiger partial charge in [-0.05, 0) is 30.7 Å². The van der Waals surface area contributed by atoms with Gasteiger partial charge >= 0.3 is 6.18 Å². The molecular weight excluding hydrogens is 286 g/mol. The molecule has 0 bridgehead atoms. The molecule has 2 N–H and O–H groups in total. The van der Waals surface area contributed by atoms with Crippen molar-refractivity contribution < 1.29 is 22.3 Å². The van der Waals surface area contributed by atoms with Crippen molar-refractivity contribution in [1.29, 1.82) is 0 Å². The highest BCUT2D eigenvalue weighted by molar-refractivity contribution is 5.46. The maximum Gasteiger partial charge on any atom is 0.416 e. The molecule has 0 saturated carbocycles. The van der Waals surface area contributed by atoms with E-state index in [1.165, 1.54) is 18.2 Å². The molecule has 2 nitrogen and oxygen atoms in total. The third kappa shape index (κ3) is 3.45. The predicted molar refractivity (Wildman–Crippen MR) is 71.3 cm³/mol. The highest BCUT2D eigenvalue weighted by Gasteiger charge is 2.33. The van der Waals surface area contributed by atoms with Gasteiger partial charge < -0.3 is 10.5 Å². The Hall–Kier alpha value is -2.24. The number of halogens is 4. The van der Waals surface area contributed by atoms with E-state index in [1.807, 2.05) is 0 Å². The summed E-state index contributed by atoms with van der Waals surface area (Å²) in [5, 5.41) is 0. The highest BCUT2D eigenvalue weighted by atomic mass is 19.4. The van der Waals surface area contributed by atoms with Crippen molar-refractivity contribution >= 4 is 5.69 Å². The van der Waals surface area contributed by atoms with Crippen molar-refractivity contribution in [1.82, 2.24) is 0 Å². The lowest BCUT2D eigenvalue weighted by Crippen LogP contribution is -2.12. The summed E-state index contributed by atoms with van der Waals surface area (Å²) in [6.07, 6.45) is -4.54. The summed E-state index contributed by atoms with van der Waals surface area (Å²) in [5.74, 6) is -0.665. The maximum atomic E-state index is 13.7. The number of anilines is 1. The Kier molecular flexibility index (Phi) is 4.06. The van der Waals surface area contributed by atoms with Gasteiger partial charge in [-0.1, -0.05) is 18.2 Å². The Morgan fingerprint density at radius 1 is 1.14 bits per heavy atom. The predicted octanol–water partition coefficient (Wildman–Crippen LogP) is 4.31. The van der Waals surface area contributed by atoms with Crippen LogP contribution >= 0.6 is 0 Å². The number of nitrogen functional groups attached to an aromatic ring is 1. The monoisotopic (exact) mass is 299 g/mol. The zero-order chi connectivity index (χ0) is 15.6. The maximum absolute atomic E-state index is 13.7. The highest BCUT2D eigenvalue weighted by Crippen LogP contribution is 2.34. The average molecular weight is 299 g/mol. The molecule has 0 spiro atoms. The Balaban J connectivity index is 2.26. The normalized spacial score (nSPS) is 11.5. The number of aryl methyl sites for hydroxylation is 1. The van der Waals surface area contributed by atoms with Crippen molar-refractivity contribution in [2.75, 3.05) is 5.73 Å². The Morgan fingerprint density at radius 3 is 2.52 bits per heavy atom. The zero-order valence-electron chi connectivity index (χ0n) is 11.2. The average Bonchev–Trinajstić information content (AvgIpc) is 2.40. The van der Waals surface area contributed by atoms with Crippen LogP contribution in [0.25, 0.3) is 0 Å². The van der Waals surface area contributed by atoms with Crippen molar-refractivity contribution in [3.63, 3.8) is 0 Å². The molecule has 2 rings (SSSR count). The smallest absolute Gasteiger partial charge is 0.416 e. The van der Waals surface area contributed by atoms with Gasteiger partial charge in [0.05, 0.1) is 5.56 Å². The van der Waals surface area contributed by atoms with Crippen molar-refractivity contribution in [3.8, 4) is 5.75 Å². The molecule has 0 aliphatic heterocycles. The first-order valence-corrected chi connectivity index (χ1v) is 6.12. The summed E-state index contributed by atoms with van der Waals surface area (Å²) >= 11 is 0. The third-order valence-corrected chi connectivity index (χ3v) is 2.98. The second-order valence-electron chi connectivity index (χ2n) is 4.59. The lowest BCUT2D eigenvalue weighted by Gasteiger charge is -2.15. The fourth-order valence-corrected chi connectivity index (χ4v) is 1.87. The van der Waals surface area contributed by atoms with E-state index in [1.54, 1.807) is 19.1 Å². The summed E-state index contributed by atoms with van der Waals surface area (Å²) in [6.45, 7) is 1.15. The number of benzene rings is 2. The van der Waals surface area contributed by atoms with E-state index in [4.69, 9.17) is 10.5 Å². The molecule has 21 heavy (non-hydrogen) atoms. The van der Waals surface area contributed by atoms with Crippen LogP contribution in [0, 0.1) is 12.7 Å². The molecule has 0 aromatic heterocycles. The molecule has 0 heterocycles. The standard InChI is InChI=1S/C15H13F4NO/c1-9-3-2-4-13(14(9)16)21-8-10-5-6-11(20)7-12(10)15(17,18)19/h2-7H,8,20H2,1H3. The summed E-state index contributed by atoms with van der Waals surface area (Å²) < 4.78 is 57.6. The molecule has 6 heteroatoms. The van der Waals surface area contributed by atoms with E-state index in [-0.39, 0.29) is 17.0 Å². The minimum Gasteiger partial charge on any atom is -0.486 e. The van der Waals surface area contributed by atoms with Gasteiger partial charge in [0.15, 0.2) is 11.6 Å². The number of hydrogen-bond acceptors (Lipinski definition) is 2. The lowest BCUT2D eigenvalue weighted by atomic mass is 10.1. The van der Waals surface area contributed by atoms with E-state index in [2.05, 4.69) is 0 Å². The van der Waals surface area contributed by atoms with Crippen molar-refractivity contribution in [2.45, 2.75) is 19.7 Å².